The SMILES string of the molecule is CCc1ccc(S(=O)(=O)Nc2[nH]ncc2C)cc1. The summed E-state index contributed by atoms with van der Waals surface area (Å²) in [5, 5.41) is 6.39. The van der Waals surface area contributed by atoms with Crippen molar-refractivity contribution in [3.63, 3.8) is 0 Å². The van der Waals surface area contributed by atoms with Gasteiger partial charge in [-0.25, -0.2) is 8.42 Å². The lowest BCUT2D eigenvalue weighted by Crippen LogP contribution is -2.13. The van der Waals surface area contributed by atoms with Crippen molar-refractivity contribution < 1.29 is 8.42 Å². The third-order valence-electron chi connectivity index (χ3n) is 2.71. The van der Waals surface area contributed by atoms with Crippen LogP contribution in [0.15, 0.2) is 35.4 Å². The zero-order chi connectivity index (χ0) is 13.2. The quantitative estimate of drug-likeness (QED) is 0.888. The zero-order valence-corrected chi connectivity index (χ0v) is 11.1. The third-order valence-corrected chi connectivity index (χ3v) is 4.07. The van der Waals surface area contributed by atoms with E-state index in [1.165, 1.54) is 0 Å². The number of H-pyrrole nitrogens is 1. The number of benzene rings is 1. The van der Waals surface area contributed by atoms with Gasteiger partial charge in [0, 0.05) is 5.56 Å². The molecule has 0 saturated carbocycles. The Kier molecular flexibility index (Phi) is 3.38. The van der Waals surface area contributed by atoms with Crippen molar-refractivity contribution in [3.8, 4) is 0 Å². The molecule has 0 aliphatic carbocycles. The average Bonchev–Trinajstić information content (AvgIpc) is 2.74. The molecule has 0 aliphatic heterocycles. The molecular weight excluding hydrogens is 250 g/mol. The number of sulfonamides is 1. The number of aryl methyl sites for hydroxylation is 2. The van der Waals surface area contributed by atoms with Crippen molar-refractivity contribution in [1.29, 1.82) is 0 Å². The average molecular weight is 265 g/mol. The highest BCUT2D eigenvalue weighted by Gasteiger charge is 2.15. The molecular formula is C12H15N3O2S. The summed E-state index contributed by atoms with van der Waals surface area (Å²) in [7, 11) is -3.55. The molecule has 0 bridgehead atoms. The molecule has 96 valence electrons. The van der Waals surface area contributed by atoms with E-state index in [0.29, 0.717) is 5.82 Å². The molecule has 2 aromatic rings. The Labute approximate surface area is 106 Å². The number of anilines is 1. The minimum atomic E-state index is -3.55. The molecule has 1 aromatic carbocycles. The maximum atomic E-state index is 12.1. The van der Waals surface area contributed by atoms with Crippen LogP contribution in [0.5, 0.6) is 0 Å². The Hall–Kier alpha value is -1.82. The van der Waals surface area contributed by atoms with E-state index in [0.717, 1.165) is 17.5 Å². The molecule has 0 radical (unpaired) electrons. The van der Waals surface area contributed by atoms with Gasteiger partial charge in [-0.1, -0.05) is 19.1 Å². The topological polar surface area (TPSA) is 74.8 Å². The molecule has 1 aromatic heterocycles. The Morgan fingerprint density at radius 1 is 1.28 bits per heavy atom. The first-order valence-corrected chi connectivity index (χ1v) is 7.13. The maximum absolute atomic E-state index is 12.1. The van der Waals surface area contributed by atoms with E-state index in [4.69, 9.17) is 0 Å². The Morgan fingerprint density at radius 2 is 1.94 bits per heavy atom. The lowest BCUT2D eigenvalue weighted by Gasteiger charge is -2.07. The number of nitrogens with one attached hydrogen (secondary N) is 2. The van der Waals surface area contributed by atoms with E-state index in [2.05, 4.69) is 14.9 Å². The number of hydrogen-bond acceptors (Lipinski definition) is 3. The van der Waals surface area contributed by atoms with Gasteiger partial charge in [0.1, 0.15) is 5.82 Å². The lowest BCUT2D eigenvalue weighted by molar-refractivity contribution is 0.601. The van der Waals surface area contributed by atoms with Crippen molar-refractivity contribution >= 4 is 15.8 Å². The minimum absolute atomic E-state index is 0.244. The Balaban J connectivity index is 2.28. The van der Waals surface area contributed by atoms with Crippen LogP contribution in [0.1, 0.15) is 18.1 Å². The molecule has 0 saturated heterocycles. The maximum Gasteiger partial charge on any atom is 0.263 e. The molecule has 0 fully saturated rings. The second kappa shape index (κ2) is 4.81. The molecule has 2 N–H and O–H groups in total. The van der Waals surface area contributed by atoms with Gasteiger partial charge < -0.3 is 0 Å². The molecule has 0 aliphatic rings. The van der Waals surface area contributed by atoms with E-state index < -0.39 is 10.0 Å². The minimum Gasteiger partial charge on any atom is -0.264 e. The number of aromatic amines is 1. The molecule has 0 amide bonds. The summed E-state index contributed by atoms with van der Waals surface area (Å²) in [4.78, 5) is 0.244. The summed E-state index contributed by atoms with van der Waals surface area (Å²) in [6.07, 6.45) is 2.45. The Bertz CT molecular complexity index is 630. The summed E-state index contributed by atoms with van der Waals surface area (Å²) in [6, 6.07) is 6.84. The van der Waals surface area contributed by atoms with E-state index in [1.807, 2.05) is 19.1 Å². The summed E-state index contributed by atoms with van der Waals surface area (Å²) < 4.78 is 26.7. The summed E-state index contributed by atoms with van der Waals surface area (Å²) in [5.41, 5.74) is 1.86. The zero-order valence-electron chi connectivity index (χ0n) is 10.3. The van der Waals surface area contributed by atoms with Gasteiger partial charge in [0.25, 0.3) is 10.0 Å². The molecule has 0 unspecified atom stereocenters. The van der Waals surface area contributed by atoms with Crippen LogP contribution >= 0.6 is 0 Å². The fourth-order valence-corrected chi connectivity index (χ4v) is 2.63. The van der Waals surface area contributed by atoms with Crippen LogP contribution in [-0.2, 0) is 16.4 Å². The summed E-state index contributed by atoms with van der Waals surface area (Å²) >= 11 is 0. The monoisotopic (exact) mass is 265 g/mol. The van der Waals surface area contributed by atoms with Crippen molar-refractivity contribution in [2.45, 2.75) is 25.2 Å². The van der Waals surface area contributed by atoms with E-state index in [-0.39, 0.29) is 4.90 Å². The predicted molar refractivity (Wildman–Crippen MR) is 70.0 cm³/mol. The van der Waals surface area contributed by atoms with Gasteiger partial charge in [-0.05, 0) is 31.0 Å². The molecule has 5 nitrogen and oxygen atoms in total. The molecule has 0 spiro atoms. The number of hydrogen-bond donors (Lipinski definition) is 2. The predicted octanol–water partition coefficient (Wildman–Crippen LogP) is 2.08. The van der Waals surface area contributed by atoms with E-state index >= 15 is 0 Å². The standard InChI is InChI=1S/C12H15N3O2S/c1-3-10-4-6-11(7-5-10)18(16,17)15-12-9(2)8-13-14-12/h4-8H,3H2,1-2H3,(H2,13,14,15). The van der Waals surface area contributed by atoms with E-state index in [1.54, 1.807) is 25.3 Å². The molecule has 1 heterocycles. The fourth-order valence-electron chi connectivity index (χ4n) is 1.55. The van der Waals surface area contributed by atoms with Crippen LogP contribution in [0.25, 0.3) is 0 Å². The van der Waals surface area contributed by atoms with Crippen LogP contribution in [0.3, 0.4) is 0 Å². The summed E-state index contributed by atoms with van der Waals surface area (Å²) in [6.45, 7) is 3.80. The first-order valence-electron chi connectivity index (χ1n) is 5.64. The second-order valence-corrected chi connectivity index (χ2v) is 5.71. The van der Waals surface area contributed by atoms with Gasteiger partial charge >= 0.3 is 0 Å². The van der Waals surface area contributed by atoms with Crippen LogP contribution in [0.4, 0.5) is 5.82 Å². The van der Waals surface area contributed by atoms with Gasteiger partial charge in [0.2, 0.25) is 0 Å². The molecule has 6 heteroatoms. The van der Waals surface area contributed by atoms with Gasteiger partial charge in [-0.15, -0.1) is 0 Å². The highest BCUT2D eigenvalue weighted by atomic mass is 32.2. The number of rotatable bonds is 4. The first-order chi connectivity index (χ1) is 8.53. The largest absolute Gasteiger partial charge is 0.264 e. The molecule has 2 rings (SSSR count). The van der Waals surface area contributed by atoms with Crippen LogP contribution in [0, 0.1) is 6.92 Å². The highest BCUT2D eigenvalue weighted by Crippen LogP contribution is 2.17. The van der Waals surface area contributed by atoms with Gasteiger partial charge in [0.15, 0.2) is 0 Å². The fraction of sp³-hybridized carbons (Fsp3) is 0.250. The van der Waals surface area contributed by atoms with E-state index in [9.17, 15) is 8.42 Å². The molecule has 0 atom stereocenters. The van der Waals surface area contributed by atoms with Gasteiger partial charge in [-0.3, -0.25) is 9.82 Å². The third kappa shape index (κ3) is 2.53. The van der Waals surface area contributed by atoms with Crippen molar-refractivity contribution in [2.24, 2.45) is 0 Å². The first kappa shape index (κ1) is 12.6. The summed E-state index contributed by atoms with van der Waals surface area (Å²) in [5.74, 6) is 0.398. The van der Waals surface area contributed by atoms with Crippen LogP contribution in [-0.4, -0.2) is 18.6 Å². The lowest BCUT2D eigenvalue weighted by atomic mass is 10.2. The second-order valence-electron chi connectivity index (χ2n) is 4.03. The van der Waals surface area contributed by atoms with Gasteiger partial charge in [-0.2, -0.15) is 5.10 Å². The normalized spacial score (nSPS) is 11.4. The highest BCUT2D eigenvalue weighted by molar-refractivity contribution is 7.92. The van der Waals surface area contributed by atoms with Crippen molar-refractivity contribution in [1.82, 2.24) is 10.2 Å². The van der Waals surface area contributed by atoms with Crippen molar-refractivity contribution in [3.05, 3.63) is 41.6 Å². The Morgan fingerprint density at radius 3 is 2.44 bits per heavy atom. The van der Waals surface area contributed by atoms with Gasteiger partial charge in [0.05, 0.1) is 11.1 Å². The number of nitrogens with zero attached hydrogens (tertiary/aromatic N) is 1. The van der Waals surface area contributed by atoms with Crippen LogP contribution in [0.2, 0.25) is 0 Å². The molecule has 18 heavy (non-hydrogen) atoms. The smallest absolute Gasteiger partial charge is 0.263 e. The van der Waals surface area contributed by atoms with Crippen LogP contribution < -0.4 is 4.72 Å². The van der Waals surface area contributed by atoms with Crippen molar-refractivity contribution in [2.75, 3.05) is 4.72 Å². The number of aromatic nitrogens is 2.